The van der Waals surface area contributed by atoms with Crippen molar-refractivity contribution in [3.05, 3.63) is 54.4 Å². The zero-order valence-corrected chi connectivity index (χ0v) is 14.5. The van der Waals surface area contributed by atoms with Crippen LogP contribution in [0.3, 0.4) is 0 Å². The Bertz CT molecular complexity index is 875. The van der Waals surface area contributed by atoms with Gasteiger partial charge in [0.15, 0.2) is 11.5 Å². The molecule has 1 aromatic heterocycles. The van der Waals surface area contributed by atoms with E-state index in [0.717, 1.165) is 41.3 Å². The molecule has 3 aromatic rings. The molecule has 2 aromatic carbocycles. The van der Waals surface area contributed by atoms with Gasteiger partial charge in [-0.15, -0.1) is 11.8 Å². The van der Waals surface area contributed by atoms with Crippen molar-refractivity contribution in [2.24, 2.45) is 0 Å². The second-order valence-corrected chi connectivity index (χ2v) is 7.22. The number of carbonyl (C=O) groups is 1. The van der Waals surface area contributed by atoms with E-state index in [9.17, 15) is 4.79 Å². The van der Waals surface area contributed by atoms with Crippen molar-refractivity contribution in [1.82, 2.24) is 10.3 Å². The van der Waals surface area contributed by atoms with Crippen molar-refractivity contribution < 1.29 is 9.21 Å². The van der Waals surface area contributed by atoms with Gasteiger partial charge in [-0.1, -0.05) is 18.2 Å². The van der Waals surface area contributed by atoms with Crippen molar-refractivity contribution in [3.8, 4) is 0 Å². The summed E-state index contributed by atoms with van der Waals surface area (Å²) >= 11 is 1.72. The van der Waals surface area contributed by atoms with E-state index in [4.69, 9.17) is 4.42 Å². The molecule has 1 heterocycles. The lowest BCUT2D eigenvalue weighted by Gasteiger charge is -2.07. The van der Waals surface area contributed by atoms with E-state index in [0.29, 0.717) is 12.5 Å². The number of amides is 2. The molecule has 0 bridgehead atoms. The van der Waals surface area contributed by atoms with Gasteiger partial charge >= 0.3 is 6.03 Å². The largest absolute Gasteiger partial charge is 0.440 e. The van der Waals surface area contributed by atoms with Gasteiger partial charge in [0.25, 0.3) is 0 Å². The highest BCUT2D eigenvalue weighted by molar-refractivity contribution is 7.99. The number of urea groups is 1. The third-order valence-electron chi connectivity index (χ3n) is 3.99. The standard InChI is InChI=1S/C19H19N3O2S/c23-19(20-10-11-25-15-4-2-1-3-5-15)21-14-8-9-17-16(12-14)22-18(24-17)13-6-7-13/h1-5,8-9,12-13H,6-7,10-11H2,(H2,20,21,23). The van der Waals surface area contributed by atoms with Gasteiger partial charge in [0.2, 0.25) is 0 Å². The first-order valence-electron chi connectivity index (χ1n) is 8.41. The molecule has 0 unspecified atom stereocenters. The van der Waals surface area contributed by atoms with E-state index in [-0.39, 0.29) is 6.03 Å². The van der Waals surface area contributed by atoms with Crippen molar-refractivity contribution in [2.45, 2.75) is 23.7 Å². The lowest BCUT2D eigenvalue weighted by Crippen LogP contribution is -2.30. The first-order valence-corrected chi connectivity index (χ1v) is 9.40. The summed E-state index contributed by atoms with van der Waals surface area (Å²) in [7, 11) is 0. The molecule has 25 heavy (non-hydrogen) atoms. The molecule has 0 radical (unpaired) electrons. The average Bonchev–Trinajstić information content (AvgIpc) is 3.39. The van der Waals surface area contributed by atoms with Crippen LogP contribution in [-0.2, 0) is 0 Å². The summed E-state index contributed by atoms with van der Waals surface area (Å²) in [6.07, 6.45) is 2.31. The Hall–Kier alpha value is -2.47. The van der Waals surface area contributed by atoms with E-state index in [2.05, 4.69) is 27.8 Å². The number of rotatable bonds is 6. The second-order valence-electron chi connectivity index (χ2n) is 6.05. The van der Waals surface area contributed by atoms with E-state index in [1.54, 1.807) is 11.8 Å². The third-order valence-corrected chi connectivity index (χ3v) is 5.00. The van der Waals surface area contributed by atoms with Gasteiger partial charge in [0, 0.05) is 28.8 Å². The fourth-order valence-corrected chi connectivity index (χ4v) is 3.34. The summed E-state index contributed by atoms with van der Waals surface area (Å²) in [5.41, 5.74) is 2.28. The molecule has 1 saturated carbocycles. The molecule has 128 valence electrons. The van der Waals surface area contributed by atoms with Crippen LogP contribution < -0.4 is 10.6 Å². The third kappa shape index (κ3) is 4.14. The highest BCUT2D eigenvalue weighted by Gasteiger charge is 2.28. The minimum absolute atomic E-state index is 0.209. The summed E-state index contributed by atoms with van der Waals surface area (Å²) in [5, 5.41) is 5.71. The van der Waals surface area contributed by atoms with Crippen LogP contribution in [0.1, 0.15) is 24.7 Å². The van der Waals surface area contributed by atoms with Crippen LogP contribution in [0.25, 0.3) is 11.1 Å². The first-order chi connectivity index (χ1) is 12.3. The SMILES string of the molecule is O=C(NCCSc1ccccc1)Nc1ccc2oc(C3CC3)nc2c1. The Kier molecular flexibility index (Phi) is 4.61. The molecule has 0 spiro atoms. The molecule has 6 heteroatoms. The van der Waals surface area contributed by atoms with Crippen LogP contribution in [0.15, 0.2) is 57.8 Å². The van der Waals surface area contributed by atoms with E-state index < -0.39 is 0 Å². The monoisotopic (exact) mass is 353 g/mol. The average molecular weight is 353 g/mol. The van der Waals surface area contributed by atoms with Crippen LogP contribution in [0.5, 0.6) is 0 Å². The number of nitrogens with zero attached hydrogens (tertiary/aromatic N) is 1. The Morgan fingerprint density at radius 3 is 2.84 bits per heavy atom. The highest BCUT2D eigenvalue weighted by atomic mass is 32.2. The van der Waals surface area contributed by atoms with E-state index in [1.807, 2.05) is 36.4 Å². The molecule has 2 N–H and O–H groups in total. The number of hydrogen-bond donors (Lipinski definition) is 2. The number of benzene rings is 2. The van der Waals surface area contributed by atoms with Crippen LogP contribution in [0.4, 0.5) is 10.5 Å². The Morgan fingerprint density at radius 1 is 1.20 bits per heavy atom. The van der Waals surface area contributed by atoms with Crippen LogP contribution >= 0.6 is 11.8 Å². The van der Waals surface area contributed by atoms with Crippen LogP contribution in [0, 0.1) is 0 Å². The van der Waals surface area contributed by atoms with Gasteiger partial charge in [0.05, 0.1) is 0 Å². The van der Waals surface area contributed by atoms with Crippen molar-refractivity contribution in [3.63, 3.8) is 0 Å². The number of aromatic nitrogens is 1. The molecule has 0 atom stereocenters. The lowest BCUT2D eigenvalue weighted by molar-refractivity contribution is 0.252. The molecule has 2 amide bonds. The zero-order chi connectivity index (χ0) is 17.1. The Balaban J connectivity index is 1.27. The number of thioether (sulfide) groups is 1. The van der Waals surface area contributed by atoms with Gasteiger partial charge in [0.1, 0.15) is 5.52 Å². The number of hydrogen-bond acceptors (Lipinski definition) is 4. The lowest BCUT2D eigenvalue weighted by atomic mass is 10.3. The smallest absolute Gasteiger partial charge is 0.319 e. The quantitative estimate of drug-likeness (QED) is 0.501. The highest BCUT2D eigenvalue weighted by Crippen LogP contribution is 2.40. The minimum atomic E-state index is -0.209. The number of anilines is 1. The molecular formula is C19H19N3O2S. The maximum atomic E-state index is 12.0. The fourth-order valence-electron chi connectivity index (χ4n) is 2.55. The van der Waals surface area contributed by atoms with Gasteiger partial charge in [-0.25, -0.2) is 9.78 Å². The number of fused-ring (bicyclic) bond motifs is 1. The fraction of sp³-hybridized carbons (Fsp3) is 0.263. The van der Waals surface area contributed by atoms with Gasteiger partial charge in [-0.2, -0.15) is 0 Å². The summed E-state index contributed by atoms with van der Waals surface area (Å²) < 4.78 is 5.73. The van der Waals surface area contributed by atoms with Gasteiger partial charge < -0.3 is 15.1 Å². The predicted octanol–water partition coefficient (Wildman–Crippen LogP) is 4.62. The molecule has 4 rings (SSSR count). The second kappa shape index (κ2) is 7.19. The Labute approximate surface area is 150 Å². The van der Waals surface area contributed by atoms with Gasteiger partial charge in [-0.05, 0) is 43.2 Å². The van der Waals surface area contributed by atoms with E-state index in [1.165, 1.54) is 4.90 Å². The zero-order valence-electron chi connectivity index (χ0n) is 13.7. The van der Waals surface area contributed by atoms with Crippen LogP contribution in [-0.4, -0.2) is 23.3 Å². The topological polar surface area (TPSA) is 67.2 Å². The van der Waals surface area contributed by atoms with Crippen molar-refractivity contribution in [1.29, 1.82) is 0 Å². The van der Waals surface area contributed by atoms with Crippen LogP contribution in [0.2, 0.25) is 0 Å². The molecular weight excluding hydrogens is 334 g/mol. The van der Waals surface area contributed by atoms with Crippen molar-refractivity contribution in [2.75, 3.05) is 17.6 Å². The molecule has 0 aliphatic heterocycles. The first kappa shape index (κ1) is 16.0. The molecule has 1 aliphatic rings. The normalized spacial score (nSPS) is 13.8. The summed E-state index contributed by atoms with van der Waals surface area (Å²) in [4.78, 5) is 17.7. The molecule has 0 saturated heterocycles. The van der Waals surface area contributed by atoms with Gasteiger partial charge in [-0.3, -0.25) is 0 Å². The molecule has 1 aliphatic carbocycles. The van der Waals surface area contributed by atoms with Crippen molar-refractivity contribution >= 4 is 34.6 Å². The molecule has 5 nitrogen and oxygen atoms in total. The minimum Gasteiger partial charge on any atom is -0.440 e. The maximum absolute atomic E-state index is 12.0. The summed E-state index contributed by atoms with van der Waals surface area (Å²) in [5.74, 6) is 2.12. The summed E-state index contributed by atoms with van der Waals surface area (Å²) in [6, 6.07) is 15.5. The Morgan fingerprint density at radius 2 is 2.04 bits per heavy atom. The predicted molar refractivity (Wildman–Crippen MR) is 100 cm³/mol. The maximum Gasteiger partial charge on any atom is 0.319 e. The number of carbonyl (C=O) groups excluding carboxylic acids is 1. The number of nitrogens with one attached hydrogen (secondary N) is 2. The molecule has 1 fully saturated rings. The summed E-state index contributed by atoms with van der Waals surface area (Å²) in [6.45, 7) is 0.601. The number of oxazole rings is 1. The van der Waals surface area contributed by atoms with E-state index >= 15 is 0 Å².